The van der Waals surface area contributed by atoms with Gasteiger partial charge < -0.3 is 9.47 Å². The maximum Gasteiger partial charge on any atom is 0.123 e. The first-order valence-electron chi connectivity index (χ1n) is 6.29. The van der Waals surface area contributed by atoms with Gasteiger partial charge in [-0.25, -0.2) is 0 Å². The Morgan fingerprint density at radius 2 is 2.12 bits per heavy atom. The SMILES string of the molecule is c1cc(OCC2CO2)c2c(c1)C1CCC2C1. The molecule has 4 rings (SSSR count). The van der Waals surface area contributed by atoms with Crippen molar-refractivity contribution < 1.29 is 9.47 Å². The molecule has 2 bridgehead atoms. The number of fused-ring (bicyclic) bond motifs is 5. The minimum absolute atomic E-state index is 0.356. The fraction of sp³-hybridized carbons (Fsp3) is 0.571. The van der Waals surface area contributed by atoms with Crippen LogP contribution in [0.5, 0.6) is 5.75 Å². The van der Waals surface area contributed by atoms with Gasteiger partial charge in [-0.1, -0.05) is 12.1 Å². The number of epoxide rings is 1. The van der Waals surface area contributed by atoms with E-state index in [1.54, 1.807) is 5.56 Å². The Bertz CT molecular complexity index is 423. The molecule has 3 atom stereocenters. The Balaban J connectivity index is 1.66. The number of hydrogen-bond donors (Lipinski definition) is 0. The van der Waals surface area contributed by atoms with E-state index >= 15 is 0 Å². The zero-order valence-corrected chi connectivity index (χ0v) is 9.32. The molecule has 1 saturated carbocycles. The Labute approximate surface area is 95.6 Å². The quantitative estimate of drug-likeness (QED) is 0.725. The Morgan fingerprint density at radius 1 is 1.25 bits per heavy atom. The Kier molecular flexibility index (Phi) is 1.83. The average Bonchev–Trinajstić information content (AvgIpc) is 2.92. The summed E-state index contributed by atoms with van der Waals surface area (Å²) in [6.07, 6.45) is 4.45. The van der Waals surface area contributed by atoms with Crippen molar-refractivity contribution in [2.24, 2.45) is 0 Å². The lowest BCUT2D eigenvalue weighted by Crippen LogP contribution is -2.08. The first kappa shape index (κ1) is 9.06. The highest BCUT2D eigenvalue weighted by Gasteiger charge is 2.39. The molecule has 0 spiro atoms. The normalized spacial score (nSPS) is 33.9. The van der Waals surface area contributed by atoms with Gasteiger partial charge in [0, 0.05) is 5.56 Å². The number of ether oxygens (including phenoxy) is 2. The van der Waals surface area contributed by atoms with Crippen LogP contribution in [0.3, 0.4) is 0 Å². The fourth-order valence-corrected chi connectivity index (χ4v) is 3.35. The number of benzene rings is 1. The van der Waals surface area contributed by atoms with Crippen molar-refractivity contribution >= 4 is 0 Å². The molecular formula is C14H16O2. The highest BCUT2D eigenvalue weighted by atomic mass is 16.6. The van der Waals surface area contributed by atoms with Crippen LogP contribution >= 0.6 is 0 Å². The molecule has 3 aliphatic rings. The molecule has 2 aliphatic carbocycles. The summed E-state index contributed by atoms with van der Waals surface area (Å²) in [5.74, 6) is 2.72. The van der Waals surface area contributed by atoms with Crippen LogP contribution in [0.2, 0.25) is 0 Å². The summed E-state index contributed by atoms with van der Waals surface area (Å²) in [7, 11) is 0. The standard InChI is InChI=1S/C14H16O2/c1-2-12-9-4-5-10(6-9)14(12)13(3-1)16-8-11-7-15-11/h1-3,9-11H,4-8H2. The van der Waals surface area contributed by atoms with Gasteiger partial charge in [0.1, 0.15) is 18.5 Å². The molecule has 1 aliphatic heterocycles. The second-order valence-electron chi connectivity index (χ2n) is 5.23. The molecule has 2 heteroatoms. The summed E-state index contributed by atoms with van der Waals surface area (Å²) < 4.78 is 11.1. The van der Waals surface area contributed by atoms with E-state index in [1.165, 1.54) is 24.8 Å². The van der Waals surface area contributed by atoms with Gasteiger partial charge in [-0.15, -0.1) is 0 Å². The predicted molar refractivity (Wildman–Crippen MR) is 61.0 cm³/mol. The van der Waals surface area contributed by atoms with Gasteiger partial charge >= 0.3 is 0 Å². The maximum absolute atomic E-state index is 5.90. The van der Waals surface area contributed by atoms with Crippen molar-refractivity contribution in [1.82, 2.24) is 0 Å². The monoisotopic (exact) mass is 216 g/mol. The van der Waals surface area contributed by atoms with E-state index in [1.807, 2.05) is 0 Å². The molecule has 2 nitrogen and oxygen atoms in total. The summed E-state index contributed by atoms with van der Waals surface area (Å²) in [6.45, 7) is 1.61. The third-order valence-corrected chi connectivity index (χ3v) is 4.21. The van der Waals surface area contributed by atoms with E-state index in [0.717, 1.165) is 30.8 Å². The molecule has 0 aromatic heterocycles. The van der Waals surface area contributed by atoms with E-state index in [0.29, 0.717) is 6.10 Å². The van der Waals surface area contributed by atoms with Crippen LogP contribution in [0.1, 0.15) is 42.2 Å². The maximum atomic E-state index is 5.90. The topological polar surface area (TPSA) is 21.8 Å². The molecule has 1 heterocycles. The van der Waals surface area contributed by atoms with E-state index in [-0.39, 0.29) is 0 Å². The highest BCUT2D eigenvalue weighted by molar-refractivity contribution is 5.50. The Morgan fingerprint density at radius 3 is 3.00 bits per heavy atom. The third kappa shape index (κ3) is 1.29. The van der Waals surface area contributed by atoms with Gasteiger partial charge in [-0.3, -0.25) is 0 Å². The first-order chi connectivity index (χ1) is 7.92. The molecule has 0 N–H and O–H groups in total. The highest BCUT2D eigenvalue weighted by Crippen LogP contribution is 2.55. The summed E-state index contributed by atoms with van der Waals surface area (Å²) in [5.41, 5.74) is 3.07. The third-order valence-electron chi connectivity index (χ3n) is 4.21. The van der Waals surface area contributed by atoms with Crippen LogP contribution in [0, 0.1) is 0 Å². The number of rotatable bonds is 3. The molecule has 1 aromatic rings. The summed E-state index contributed by atoms with van der Waals surface area (Å²) in [6, 6.07) is 6.56. The number of hydrogen-bond acceptors (Lipinski definition) is 2. The van der Waals surface area contributed by atoms with Crippen molar-refractivity contribution in [2.45, 2.75) is 37.2 Å². The minimum atomic E-state index is 0.356. The molecule has 1 saturated heterocycles. The molecule has 3 unspecified atom stereocenters. The van der Waals surface area contributed by atoms with E-state index < -0.39 is 0 Å². The van der Waals surface area contributed by atoms with Gasteiger partial charge in [0.05, 0.1) is 6.61 Å². The first-order valence-corrected chi connectivity index (χ1v) is 6.29. The van der Waals surface area contributed by atoms with Gasteiger partial charge in [-0.2, -0.15) is 0 Å². The van der Waals surface area contributed by atoms with Crippen molar-refractivity contribution in [1.29, 1.82) is 0 Å². The van der Waals surface area contributed by atoms with E-state index in [2.05, 4.69) is 18.2 Å². The minimum Gasteiger partial charge on any atom is -0.490 e. The van der Waals surface area contributed by atoms with Crippen LogP contribution < -0.4 is 4.74 Å². The fourth-order valence-electron chi connectivity index (χ4n) is 3.35. The van der Waals surface area contributed by atoms with Crippen LogP contribution in [-0.4, -0.2) is 19.3 Å². The van der Waals surface area contributed by atoms with Crippen molar-refractivity contribution in [2.75, 3.05) is 13.2 Å². The van der Waals surface area contributed by atoms with Crippen molar-refractivity contribution in [3.8, 4) is 5.75 Å². The molecule has 16 heavy (non-hydrogen) atoms. The lowest BCUT2D eigenvalue weighted by atomic mass is 9.91. The lowest BCUT2D eigenvalue weighted by Gasteiger charge is -2.18. The van der Waals surface area contributed by atoms with E-state index in [9.17, 15) is 0 Å². The van der Waals surface area contributed by atoms with Gasteiger partial charge in [0.15, 0.2) is 0 Å². The molecular weight excluding hydrogens is 200 g/mol. The van der Waals surface area contributed by atoms with Gasteiger partial charge in [0.2, 0.25) is 0 Å². The van der Waals surface area contributed by atoms with Crippen molar-refractivity contribution in [3.63, 3.8) is 0 Å². The molecule has 0 amide bonds. The smallest absolute Gasteiger partial charge is 0.123 e. The average molecular weight is 216 g/mol. The van der Waals surface area contributed by atoms with Crippen LogP contribution in [0.4, 0.5) is 0 Å². The predicted octanol–water partition coefficient (Wildman–Crippen LogP) is 2.83. The second-order valence-corrected chi connectivity index (χ2v) is 5.23. The van der Waals surface area contributed by atoms with E-state index in [4.69, 9.17) is 9.47 Å². The van der Waals surface area contributed by atoms with Crippen LogP contribution in [0.25, 0.3) is 0 Å². The summed E-state index contributed by atoms with van der Waals surface area (Å²) in [5, 5.41) is 0. The Hall–Kier alpha value is -1.02. The lowest BCUT2D eigenvalue weighted by molar-refractivity contribution is 0.260. The van der Waals surface area contributed by atoms with Gasteiger partial charge in [-0.05, 0) is 42.7 Å². The second kappa shape index (κ2) is 3.24. The molecule has 2 fully saturated rings. The van der Waals surface area contributed by atoms with Gasteiger partial charge in [0.25, 0.3) is 0 Å². The summed E-state index contributed by atoms with van der Waals surface area (Å²) >= 11 is 0. The molecule has 0 radical (unpaired) electrons. The largest absolute Gasteiger partial charge is 0.490 e. The van der Waals surface area contributed by atoms with Crippen molar-refractivity contribution in [3.05, 3.63) is 29.3 Å². The molecule has 1 aromatic carbocycles. The molecule has 84 valence electrons. The zero-order chi connectivity index (χ0) is 10.5. The van der Waals surface area contributed by atoms with Crippen LogP contribution in [0.15, 0.2) is 18.2 Å². The zero-order valence-electron chi connectivity index (χ0n) is 9.32. The summed E-state index contributed by atoms with van der Waals surface area (Å²) in [4.78, 5) is 0. The van der Waals surface area contributed by atoms with Crippen LogP contribution in [-0.2, 0) is 4.74 Å².